The Labute approximate surface area is 180 Å². The molecule has 9 heteroatoms. The molecule has 0 saturated carbocycles. The van der Waals surface area contributed by atoms with Gasteiger partial charge in [0.1, 0.15) is 11.5 Å². The molecule has 0 bridgehead atoms. The van der Waals surface area contributed by atoms with Crippen LogP contribution >= 0.6 is 11.3 Å². The Morgan fingerprint density at radius 1 is 1.07 bits per heavy atom. The van der Waals surface area contributed by atoms with E-state index in [0.29, 0.717) is 36.6 Å². The van der Waals surface area contributed by atoms with Crippen LogP contribution in [0.5, 0.6) is 0 Å². The topological polar surface area (TPSA) is 81.2 Å². The van der Waals surface area contributed by atoms with Gasteiger partial charge in [0.2, 0.25) is 17.7 Å². The number of anilines is 1. The highest BCUT2D eigenvalue weighted by Crippen LogP contribution is 2.41. The summed E-state index contributed by atoms with van der Waals surface area (Å²) in [6, 6.07) is 0. The fraction of sp³-hybridized carbons (Fsp3) is 0.619. The van der Waals surface area contributed by atoms with Crippen LogP contribution in [0.15, 0.2) is 0 Å². The molecule has 3 aliphatic heterocycles. The van der Waals surface area contributed by atoms with Gasteiger partial charge in [-0.25, -0.2) is 0 Å². The summed E-state index contributed by atoms with van der Waals surface area (Å²) in [5.74, 6) is -0.564. The van der Waals surface area contributed by atoms with Crippen molar-refractivity contribution in [3.8, 4) is 0 Å². The first-order chi connectivity index (χ1) is 14.0. The minimum atomic E-state index is -0.326. The third-order valence-electron chi connectivity index (χ3n) is 6.25. The molecule has 4 amide bonds. The van der Waals surface area contributed by atoms with E-state index in [0.717, 1.165) is 10.4 Å². The van der Waals surface area contributed by atoms with E-state index in [1.165, 1.54) is 16.2 Å². The van der Waals surface area contributed by atoms with Gasteiger partial charge in [0, 0.05) is 44.0 Å². The van der Waals surface area contributed by atoms with Gasteiger partial charge in [0.05, 0.1) is 18.0 Å². The molecule has 0 radical (unpaired) electrons. The lowest BCUT2D eigenvalue weighted by Crippen LogP contribution is -2.44. The predicted molar refractivity (Wildman–Crippen MR) is 113 cm³/mol. The molecule has 4 rings (SSSR count). The zero-order valence-electron chi connectivity index (χ0n) is 18.2. The number of thiophene rings is 1. The average Bonchev–Trinajstić information content (AvgIpc) is 3.23. The standard InChI is InChI=1S/C21H28N4O4S/c1-21(2,3)25-9-12(8-15(25)26)18(28)24-7-6-13-14(10-24)30-20-17(13)19(29)22(4)11-16(27)23(20)5/h12H,6-11H2,1-5H3. The zero-order valence-corrected chi connectivity index (χ0v) is 19.0. The molecule has 0 aliphatic carbocycles. The Morgan fingerprint density at radius 2 is 1.77 bits per heavy atom. The normalized spacial score (nSPS) is 22.4. The lowest BCUT2D eigenvalue weighted by atomic mass is 9.99. The molecule has 1 atom stereocenters. The van der Waals surface area contributed by atoms with E-state index in [1.807, 2.05) is 20.8 Å². The van der Waals surface area contributed by atoms with Crippen LogP contribution in [0.4, 0.5) is 5.00 Å². The second-order valence-electron chi connectivity index (χ2n) is 9.38. The SMILES string of the molecule is CN1CC(=O)N(C)c2sc3c(c2C1=O)CCN(C(=O)C1CC(=O)N(C(C)(C)C)C1)C3. The van der Waals surface area contributed by atoms with Crippen molar-refractivity contribution >= 4 is 40.0 Å². The number of nitrogens with zero attached hydrogens (tertiary/aromatic N) is 4. The smallest absolute Gasteiger partial charge is 0.257 e. The zero-order chi connectivity index (χ0) is 22.0. The van der Waals surface area contributed by atoms with Crippen LogP contribution in [-0.2, 0) is 27.3 Å². The number of amides is 4. The molecule has 1 saturated heterocycles. The van der Waals surface area contributed by atoms with E-state index in [2.05, 4.69) is 0 Å². The van der Waals surface area contributed by atoms with Gasteiger partial charge in [-0.1, -0.05) is 0 Å². The van der Waals surface area contributed by atoms with E-state index in [9.17, 15) is 19.2 Å². The Hall–Kier alpha value is -2.42. The van der Waals surface area contributed by atoms with Crippen molar-refractivity contribution in [3.63, 3.8) is 0 Å². The number of carbonyl (C=O) groups excluding carboxylic acids is 4. The molecule has 1 aromatic rings. The molecule has 1 unspecified atom stereocenters. The predicted octanol–water partition coefficient (Wildman–Crippen LogP) is 1.33. The van der Waals surface area contributed by atoms with Gasteiger partial charge in [0.25, 0.3) is 5.91 Å². The summed E-state index contributed by atoms with van der Waals surface area (Å²) < 4.78 is 0. The first-order valence-corrected chi connectivity index (χ1v) is 11.1. The molecule has 1 fully saturated rings. The maximum absolute atomic E-state index is 13.2. The summed E-state index contributed by atoms with van der Waals surface area (Å²) in [4.78, 5) is 58.4. The van der Waals surface area contributed by atoms with Crippen LogP contribution in [0.25, 0.3) is 0 Å². The molecule has 8 nitrogen and oxygen atoms in total. The number of likely N-dealkylation sites (N-methyl/N-ethyl adjacent to an activating group) is 2. The van der Waals surface area contributed by atoms with Crippen molar-refractivity contribution < 1.29 is 19.2 Å². The van der Waals surface area contributed by atoms with Gasteiger partial charge in [-0.05, 0) is 32.8 Å². The van der Waals surface area contributed by atoms with Crippen molar-refractivity contribution in [1.29, 1.82) is 0 Å². The van der Waals surface area contributed by atoms with E-state index >= 15 is 0 Å². The number of hydrogen-bond donors (Lipinski definition) is 0. The average molecular weight is 433 g/mol. The monoisotopic (exact) mass is 432 g/mol. The van der Waals surface area contributed by atoms with Crippen LogP contribution < -0.4 is 4.90 Å². The molecule has 0 spiro atoms. The van der Waals surface area contributed by atoms with Crippen molar-refractivity contribution in [1.82, 2.24) is 14.7 Å². The molecule has 1 aromatic heterocycles. The third kappa shape index (κ3) is 3.29. The second-order valence-corrected chi connectivity index (χ2v) is 10.5. The lowest BCUT2D eigenvalue weighted by molar-refractivity contribution is -0.136. The molecule has 0 aromatic carbocycles. The number of fused-ring (bicyclic) bond motifs is 3. The Kier molecular flexibility index (Phi) is 4.91. The number of likely N-dealkylation sites (tertiary alicyclic amines) is 1. The Bertz CT molecular complexity index is 948. The van der Waals surface area contributed by atoms with Crippen molar-refractivity contribution in [2.45, 2.75) is 45.7 Å². The third-order valence-corrected chi connectivity index (χ3v) is 7.54. The van der Waals surface area contributed by atoms with Gasteiger partial charge in [-0.15, -0.1) is 11.3 Å². The molecule has 0 N–H and O–H groups in total. The second kappa shape index (κ2) is 7.08. The highest BCUT2D eigenvalue weighted by Gasteiger charge is 2.42. The molecule has 162 valence electrons. The number of hydrogen-bond acceptors (Lipinski definition) is 5. The van der Waals surface area contributed by atoms with Gasteiger partial charge < -0.3 is 19.6 Å². The van der Waals surface area contributed by atoms with E-state index in [4.69, 9.17) is 0 Å². The molecule has 30 heavy (non-hydrogen) atoms. The summed E-state index contributed by atoms with van der Waals surface area (Å²) in [5, 5.41) is 0.670. The molecule has 4 heterocycles. The first kappa shape index (κ1) is 20.8. The maximum atomic E-state index is 13.2. The van der Waals surface area contributed by atoms with Crippen LogP contribution in [0.3, 0.4) is 0 Å². The van der Waals surface area contributed by atoms with Crippen molar-refractivity contribution in [3.05, 3.63) is 16.0 Å². The summed E-state index contributed by atoms with van der Waals surface area (Å²) >= 11 is 1.42. The Morgan fingerprint density at radius 3 is 2.40 bits per heavy atom. The molecule has 3 aliphatic rings. The fourth-order valence-electron chi connectivity index (χ4n) is 4.50. The van der Waals surface area contributed by atoms with Gasteiger partial charge in [-0.3, -0.25) is 19.2 Å². The fourth-order valence-corrected chi connectivity index (χ4v) is 5.83. The quantitative estimate of drug-likeness (QED) is 0.671. The molecular formula is C21H28N4O4S. The summed E-state index contributed by atoms with van der Waals surface area (Å²) in [5.41, 5.74) is 1.26. The van der Waals surface area contributed by atoms with E-state index in [1.54, 1.807) is 28.8 Å². The summed E-state index contributed by atoms with van der Waals surface area (Å²) in [6.07, 6.45) is 0.832. The minimum Gasteiger partial charge on any atom is -0.337 e. The lowest BCUT2D eigenvalue weighted by Gasteiger charge is -2.33. The first-order valence-electron chi connectivity index (χ1n) is 10.2. The largest absolute Gasteiger partial charge is 0.337 e. The van der Waals surface area contributed by atoms with Crippen LogP contribution in [0.1, 0.15) is 48.0 Å². The van der Waals surface area contributed by atoms with Crippen LogP contribution in [0, 0.1) is 5.92 Å². The van der Waals surface area contributed by atoms with Gasteiger partial charge in [0.15, 0.2) is 0 Å². The highest BCUT2D eigenvalue weighted by molar-refractivity contribution is 7.17. The minimum absolute atomic E-state index is 0.00257. The summed E-state index contributed by atoms with van der Waals surface area (Å²) in [6.45, 7) is 7.40. The summed E-state index contributed by atoms with van der Waals surface area (Å²) in [7, 11) is 3.34. The Balaban J connectivity index is 1.57. The van der Waals surface area contributed by atoms with Crippen molar-refractivity contribution in [2.75, 3.05) is 38.6 Å². The highest BCUT2D eigenvalue weighted by atomic mass is 32.1. The van der Waals surface area contributed by atoms with Gasteiger partial charge in [-0.2, -0.15) is 0 Å². The van der Waals surface area contributed by atoms with Crippen LogP contribution in [-0.4, -0.2) is 77.6 Å². The van der Waals surface area contributed by atoms with Crippen molar-refractivity contribution in [2.24, 2.45) is 5.92 Å². The number of rotatable bonds is 1. The van der Waals surface area contributed by atoms with E-state index in [-0.39, 0.29) is 48.1 Å². The molecular weight excluding hydrogens is 404 g/mol. The van der Waals surface area contributed by atoms with E-state index < -0.39 is 0 Å². The maximum Gasteiger partial charge on any atom is 0.257 e. The van der Waals surface area contributed by atoms with Gasteiger partial charge >= 0.3 is 0 Å². The van der Waals surface area contributed by atoms with Crippen LogP contribution in [0.2, 0.25) is 0 Å². The number of carbonyl (C=O) groups is 4.